The summed E-state index contributed by atoms with van der Waals surface area (Å²) in [4.78, 5) is 12.2. The first-order chi connectivity index (χ1) is 9.82. The molecule has 0 bridgehead atoms. The molecule has 0 aliphatic carbocycles. The summed E-state index contributed by atoms with van der Waals surface area (Å²) in [5.41, 5.74) is -1.15. The Morgan fingerprint density at radius 1 is 1.14 bits per heavy atom. The number of rotatable bonds is 3. The second-order valence-electron chi connectivity index (χ2n) is 4.29. The first-order valence-corrected chi connectivity index (χ1v) is 5.92. The molecule has 6 heteroatoms. The number of carbonyl (C=O) groups excluding carboxylic acids is 1. The Morgan fingerprint density at radius 3 is 2.43 bits per heavy atom. The Hall–Kier alpha value is -2.50. The fourth-order valence-electron chi connectivity index (χ4n) is 1.82. The number of benzene rings is 2. The topological polar surface area (TPSA) is 46.5 Å². The standard InChI is InChI=1S/C15H11F3O3/c1-21-11-5-6-12(13(19)8-11)14(20)9-3-2-4-10(7-9)15(16,17)18/h2-8,19H,1H3. The van der Waals surface area contributed by atoms with Crippen LogP contribution in [0.2, 0.25) is 0 Å². The molecule has 0 fully saturated rings. The Balaban J connectivity index is 2.41. The second kappa shape index (κ2) is 5.47. The van der Waals surface area contributed by atoms with Crippen LogP contribution in [0.3, 0.4) is 0 Å². The number of phenolic OH excluding ortho intramolecular Hbond substituents is 1. The van der Waals surface area contributed by atoms with Gasteiger partial charge in [-0.2, -0.15) is 13.2 Å². The van der Waals surface area contributed by atoms with E-state index in [0.29, 0.717) is 5.75 Å². The van der Waals surface area contributed by atoms with E-state index in [4.69, 9.17) is 4.74 Å². The highest BCUT2D eigenvalue weighted by atomic mass is 19.4. The predicted molar refractivity (Wildman–Crippen MR) is 69.5 cm³/mol. The fourth-order valence-corrected chi connectivity index (χ4v) is 1.82. The number of methoxy groups -OCH3 is 1. The minimum atomic E-state index is -4.53. The number of hydrogen-bond acceptors (Lipinski definition) is 3. The average molecular weight is 296 g/mol. The lowest BCUT2D eigenvalue weighted by Gasteiger charge is -2.09. The maximum atomic E-state index is 12.6. The molecule has 2 rings (SSSR count). The Kier molecular flexibility index (Phi) is 3.88. The smallest absolute Gasteiger partial charge is 0.416 e. The van der Waals surface area contributed by atoms with Crippen molar-refractivity contribution in [2.75, 3.05) is 7.11 Å². The van der Waals surface area contributed by atoms with Crippen LogP contribution in [0.15, 0.2) is 42.5 Å². The van der Waals surface area contributed by atoms with Gasteiger partial charge in [0, 0.05) is 11.6 Å². The number of aromatic hydroxyl groups is 1. The molecule has 0 heterocycles. The Labute approximate surface area is 118 Å². The van der Waals surface area contributed by atoms with Gasteiger partial charge in [-0.15, -0.1) is 0 Å². The van der Waals surface area contributed by atoms with Crippen LogP contribution in [0.5, 0.6) is 11.5 Å². The second-order valence-corrected chi connectivity index (χ2v) is 4.29. The van der Waals surface area contributed by atoms with Crippen molar-refractivity contribution < 1.29 is 27.8 Å². The van der Waals surface area contributed by atoms with E-state index >= 15 is 0 Å². The van der Waals surface area contributed by atoms with Crippen LogP contribution >= 0.6 is 0 Å². The van der Waals surface area contributed by atoms with Crippen molar-refractivity contribution in [2.24, 2.45) is 0 Å². The van der Waals surface area contributed by atoms with Crippen molar-refractivity contribution in [3.05, 3.63) is 59.2 Å². The highest BCUT2D eigenvalue weighted by molar-refractivity contribution is 6.10. The summed E-state index contributed by atoms with van der Waals surface area (Å²) in [5.74, 6) is -0.703. The molecular weight excluding hydrogens is 285 g/mol. The summed E-state index contributed by atoms with van der Waals surface area (Å²) in [7, 11) is 1.39. The molecule has 110 valence electrons. The summed E-state index contributed by atoms with van der Waals surface area (Å²) < 4.78 is 42.8. The quantitative estimate of drug-likeness (QED) is 0.879. The molecule has 0 atom stereocenters. The summed E-state index contributed by atoms with van der Waals surface area (Å²) in [6.07, 6.45) is -4.53. The summed E-state index contributed by atoms with van der Waals surface area (Å²) in [5, 5.41) is 9.76. The maximum Gasteiger partial charge on any atom is 0.416 e. The van der Waals surface area contributed by atoms with Crippen molar-refractivity contribution in [1.29, 1.82) is 0 Å². The number of ether oxygens (including phenoxy) is 1. The minimum Gasteiger partial charge on any atom is -0.507 e. The first-order valence-electron chi connectivity index (χ1n) is 5.92. The van der Waals surface area contributed by atoms with Crippen molar-refractivity contribution >= 4 is 5.78 Å². The molecule has 0 saturated carbocycles. The molecule has 0 amide bonds. The van der Waals surface area contributed by atoms with Gasteiger partial charge >= 0.3 is 6.18 Å². The fraction of sp³-hybridized carbons (Fsp3) is 0.133. The van der Waals surface area contributed by atoms with E-state index < -0.39 is 17.5 Å². The monoisotopic (exact) mass is 296 g/mol. The largest absolute Gasteiger partial charge is 0.507 e. The average Bonchev–Trinajstić information content (AvgIpc) is 2.45. The van der Waals surface area contributed by atoms with Gasteiger partial charge in [0.05, 0.1) is 18.2 Å². The first kappa shape index (κ1) is 14.9. The third kappa shape index (κ3) is 3.16. The molecule has 2 aromatic rings. The van der Waals surface area contributed by atoms with Gasteiger partial charge in [-0.25, -0.2) is 0 Å². The van der Waals surface area contributed by atoms with Gasteiger partial charge in [-0.3, -0.25) is 4.79 Å². The van der Waals surface area contributed by atoms with Gasteiger partial charge in [0.25, 0.3) is 0 Å². The minimum absolute atomic E-state index is 0.0878. The lowest BCUT2D eigenvalue weighted by atomic mass is 10.0. The molecule has 2 aromatic carbocycles. The molecule has 0 aliphatic heterocycles. The van der Waals surface area contributed by atoms with E-state index in [-0.39, 0.29) is 16.9 Å². The van der Waals surface area contributed by atoms with Gasteiger partial charge < -0.3 is 9.84 Å². The lowest BCUT2D eigenvalue weighted by molar-refractivity contribution is -0.137. The van der Waals surface area contributed by atoms with Crippen molar-refractivity contribution in [3.8, 4) is 11.5 Å². The molecule has 1 N–H and O–H groups in total. The molecule has 0 unspecified atom stereocenters. The van der Waals surface area contributed by atoms with Crippen LogP contribution < -0.4 is 4.74 Å². The van der Waals surface area contributed by atoms with Crippen LogP contribution in [0.1, 0.15) is 21.5 Å². The molecule has 3 nitrogen and oxygen atoms in total. The van der Waals surface area contributed by atoms with Crippen LogP contribution in [0.25, 0.3) is 0 Å². The van der Waals surface area contributed by atoms with Crippen LogP contribution in [0, 0.1) is 0 Å². The molecule has 0 radical (unpaired) electrons. The zero-order chi connectivity index (χ0) is 15.6. The van der Waals surface area contributed by atoms with Crippen LogP contribution in [-0.4, -0.2) is 18.0 Å². The molecule has 0 aliphatic rings. The number of alkyl halides is 3. The van der Waals surface area contributed by atoms with Gasteiger partial charge in [0.2, 0.25) is 0 Å². The number of halogens is 3. The normalized spacial score (nSPS) is 11.2. The lowest BCUT2D eigenvalue weighted by Crippen LogP contribution is -2.08. The maximum absolute atomic E-state index is 12.6. The Bertz CT molecular complexity index is 678. The van der Waals surface area contributed by atoms with E-state index in [1.807, 2.05) is 0 Å². The van der Waals surface area contributed by atoms with Crippen molar-refractivity contribution in [2.45, 2.75) is 6.18 Å². The molecule has 0 spiro atoms. The molecule has 0 saturated heterocycles. The third-order valence-electron chi connectivity index (χ3n) is 2.90. The van der Waals surface area contributed by atoms with Gasteiger partial charge in [-0.1, -0.05) is 12.1 Å². The van der Waals surface area contributed by atoms with E-state index in [9.17, 15) is 23.1 Å². The summed E-state index contributed by atoms with van der Waals surface area (Å²) >= 11 is 0. The number of ketones is 1. The van der Waals surface area contributed by atoms with E-state index in [0.717, 1.165) is 18.2 Å². The SMILES string of the molecule is COc1ccc(C(=O)c2cccc(C(F)(F)F)c2)c(O)c1. The predicted octanol–water partition coefficient (Wildman–Crippen LogP) is 3.65. The van der Waals surface area contributed by atoms with Crippen LogP contribution in [-0.2, 0) is 6.18 Å². The Morgan fingerprint density at radius 2 is 1.86 bits per heavy atom. The summed E-state index contributed by atoms with van der Waals surface area (Å²) in [6.45, 7) is 0. The van der Waals surface area contributed by atoms with Gasteiger partial charge in [-0.05, 0) is 24.3 Å². The zero-order valence-electron chi connectivity index (χ0n) is 10.9. The number of carbonyl (C=O) groups is 1. The summed E-state index contributed by atoms with van der Waals surface area (Å²) in [6, 6.07) is 8.02. The third-order valence-corrected chi connectivity index (χ3v) is 2.90. The van der Waals surface area contributed by atoms with E-state index in [1.165, 1.54) is 31.4 Å². The molecule has 0 aromatic heterocycles. The highest BCUT2D eigenvalue weighted by Gasteiger charge is 2.31. The van der Waals surface area contributed by atoms with Crippen molar-refractivity contribution in [1.82, 2.24) is 0 Å². The van der Waals surface area contributed by atoms with Gasteiger partial charge in [0.15, 0.2) is 5.78 Å². The highest BCUT2D eigenvalue weighted by Crippen LogP contribution is 2.31. The van der Waals surface area contributed by atoms with E-state index in [1.54, 1.807) is 0 Å². The molecule has 21 heavy (non-hydrogen) atoms. The van der Waals surface area contributed by atoms with Crippen LogP contribution in [0.4, 0.5) is 13.2 Å². The number of phenols is 1. The molecular formula is C15H11F3O3. The number of hydrogen-bond donors (Lipinski definition) is 1. The van der Waals surface area contributed by atoms with Crippen molar-refractivity contribution in [3.63, 3.8) is 0 Å². The van der Waals surface area contributed by atoms with E-state index in [2.05, 4.69) is 0 Å². The zero-order valence-corrected chi connectivity index (χ0v) is 10.9. The van der Waals surface area contributed by atoms with Gasteiger partial charge in [0.1, 0.15) is 11.5 Å².